The van der Waals surface area contributed by atoms with Crippen LogP contribution < -0.4 is 4.74 Å². The Morgan fingerprint density at radius 2 is 1.73 bits per heavy atom. The lowest BCUT2D eigenvalue weighted by molar-refractivity contribution is 0.0815. The van der Waals surface area contributed by atoms with Crippen LogP contribution in [0.2, 0.25) is 0 Å². The first kappa shape index (κ1) is 12.5. The summed E-state index contributed by atoms with van der Waals surface area (Å²) in [5.74, 6) is 1.97. The van der Waals surface area contributed by atoms with Gasteiger partial charge in [-0.3, -0.25) is 4.79 Å². The maximum atomic E-state index is 13.4. The number of hydrogen-bond donors (Lipinski definition) is 0. The first-order chi connectivity index (χ1) is 10.5. The third kappa shape index (κ3) is 1.02. The van der Waals surface area contributed by atoms with Gasteiger partial charge in [-0.25, -0.2) is 0 Å². The monoisotopic (exact) mass is 290 g/mol. The van der Waals surface area contributed by atoms with Gasteiger partial charge in [0.05, 0.1) is 12.5 Å². The van der Waals surface area contributed by atoms with Crippen molar-refractivity contribution in [1.82, 2.24) is 0 Å². The van der Waals surface area contributed by atoms with E-state index in [-0.39, 0.29) is 11.2 Å². The summed E-state index contributed by atoms with van der Waals surface area (Å²) in [4.78, 5) is 13.4. The number of ether oxygens (including phenoxy) is 1. The molecule has 22 heavy (non-hydrogen) atoms. The Morgan fingerprint density at radius 1 is 1.00 bits per heavy atom. The normalized spacial score (nSPS) is 36.4. The molecule has 2 aromatic carbocycles. The smallest absolute Gasteiger partial charge is 0.174 e. The van der Waals surface area contributed by atoms with E-state index in [0.29, 0.717) is 11.8 Å². The first-order valence-corrected chi connectivity index (χ1v) is 7.87. The molecule has 5 rings (SSSR count). The quantitative estimate of drug-likeness (QED) is 0.792. The van der Waals surface area contributed by atoms with Crippen LogP contribution in [0.5, 0.6) is 5.75 Å². The number of rotatable bonds is 1. The molecule has 0 aromatic heterocycles. The van der Waals surface area contributed by atoms with Crippen LogP contribution in [0.15, 0.2) is 42.5 Å². The number of Topliss-reactive ketones (excluding diaryl/α,β-unsaturated/α-hetero) is 1. The summed E-state index contributed by atoms with van der Waals surface area (Å²) in [5, 5.41) is 0. The van der Waals surface area contributed by atoms with E-state index in [1.54, 1.807) is 7.11 Å². The molecule has 110 valence electrons. The van der Waals surface area contributed by atoms with E-state index in [0.717, 1.165) is 11.3 Å². The molecule has 0 aliphatic heterocycles. The molecule has 0 bridgehead atoms. The average molecular weight is 290 g/mol. The Labute approximate surface area is 130 Å². The van der Waals surface area contributed by atoms with E-state index in [1.807, 2.05) is 12.1 Å². The second-order valence-corrected chi connectivity index (χ2v) is 7.23. The topological polar surface area (TPSA) is 26.3 Å². The zero-order chi connectivity index (χ0) is 15.3. The van der Waals surface area contributed by atoms with Gasteiger partial charge in [-0.1, -0.05) is 37.3 Å². The summed E-state index contributed by atoms with van der Waals surface area (Å²) < 4.78 is 5.33. The number of hydrogen-bond acceptors (Lipinski definition) is 2. The molecule has 2 unspecified atom stereocenters. The second-order valence-electron chi connectivity index (χ2n) is 7.23. The minimum Gasteiger partial charge on any atom is -0.497 e. The molecular formula is C20H18O2. The van der Waals surface area contributed by atoms with Crippen LogP contribution in [0, 0.1) is 5.41 Å². The van der Waals surface area contributed by atoms with Crippen molar-refractivity contribution in [3.05, 3.63) is 64.7 Å². The van der Waals surface area contributed by atoms with Crippen LogP contribution >= 0.6 is 0 Å². The van der Waals surface area contributed by atoms with Crippen LogP contribution in [0.25, 0.3) is 0 Å². The Kier molecular flexibility index (Phi) is 1.95. The molecular weight excluding hydrogens is 272 g/mol. The van der Waals surface area contributed by atoms with Crippen molar-refractivity contribution >= 4 is 5.78 Å². The Morgan fingerprint density at radius 3 is 2.50 bits per heavy atom. The summed E-state index contributed by atoms with van der Waals surface area (Å²) >= 11 is 0. The summed E-state index contributed by atoms with van der Waals surface area (Å²) in [7, 11) is 1.65. The highest BCUT2D eigenvalue weighted by atomic mass is 16.5. The van der Waals surface area contributed by atoms with Crippen molar-refractivity contribution in [2.75, 3.05) is 7.11 Å². The maximum Gasteiger partial charge on any atom is 0.174 e. The number of methoxy groups -OCH3 is 1. The molecule has 0 saturated heterocycles. The molecule has 0 spiro atoms. The molecule has 0 radical (unpaired) electrons. The van der Waals surface area contributed by atoms with Gasteiger partial charge in [0, 0.05) is 5.56 Å². The maximum absolute atomic E-state index is 13.4. The van der Waals surface area contributed by atoms with Gasteiger partial charge in [-0.15, -0.1) is 0 Å². The third-order valence-corrected chi connectivity index (χ3v) is 6.72. The SMILES string of the molecule is COc1ccc2c(c1)C(=O)[C@]1(C)c3ccccc3C3C2[C@@]31C. The molecule has 2 aromatic rings. The average Bonchev–Trinajstić information content (AvgIpc) is 3.13. The molecule has 2 heteroatoms. The van der Waals surface area contributed by atoms with Crippen LogP contribution in [-0.4, -0.2) is 12.9 Å². The number of fused-ring (bicyclic) bond motifs is 6. The Bertz CT molecular complexity index is 853. The molecule has 0 amide bonds. The van der Waals surface area contributed by atoms with Gasteiger partial charge in [-0.2, -0.15) is 0 Å². The van der Waals surface area contributed by atoms with E-state index >= 15 is 0 Å². The molecule has 2 nitrogen and oxygen atoms in total. The highest BCUT2D eigenvalue weighted by Crippen LogP contribution is 2.84. The lowest BCUT2D eigenvalue weighted by atomic mass is 9.62. The standard InChI is InChI=1S/C20H18O2/c1-19-15-7-5-4-6-13(15)17-16(20(17,19)2)12-9-8-11(22-3)10-14(12)18(19)21/h4-10,16-17H,1-3H3/t16?,17?,19-,20-/m0/s1. The number of carbonyl (C=O) groups is 1. The first-order valence-electron chi connectivity index (χ1n) is 7.87. The van der Waals surface area contributed by atoms with E-state index in [2.05, 4.69) is 44.2 Å². The van der Waals surface area contributed by atoms with Gasteiger partial charge in [0.25, 0.3) is 0 Å². The van der Waals surface area contributed by atoms with Crippen LogP contribution in [-0.2, 0) is 5.41 Å². The van der Waals surface area contributed by atoms with Crippen molar-refractivity contribution in [3.8, 4) is 5.75 Å². The lowest BCUT2D eigenvalue weighted by Crippen LogP contribution is -2.43. The highest BCUT2D eigenvalue weighted by Gasteiger charge is 2.79. The lowest BCUT2D eigenvalue weighted by Gasteiger charge is -2.39. The molecule has 4 atom stereocenters. The van der Waals surface area contributed by atoms with Gasteiger partial charge in [-0.05, 0) is 53.0 Å². The zero-order valence-electron chi connectivity index (χ0n) is 13.0. The fourth-order valence-corrected chi connectivity index (χ4v) is 5.42. The van der Waals surface area contributed by atoms with Crippen LogP contribution in [0.3, 0.4) is 0 Å². The van der Waals surface area contributed by atoms with Crippen molar-refractivity contribution < 1.29 is 9.53 Å². The van der Waals surface area contributed by atoms with Crippen molar-refractivity contribution in [2.24, 2.45) is 5.41 Å². The van der Waals surface area contributed by atoms with E-state index in [9.17, 15) is 4.79 Å². The molecule has 3 aliphatic rings. The minimum atomic E-state index is -0.404. The summed E-state index contributed by atoms with van der Waals surface area (Å²) in [6.45, 7) is 4.45. The molecule has 1 fully saturated rings. The van der Waals surface area contributed by atoms with Crippen LogP contribution in [0.1, 0.15) is 52.7 Å². The van der Waals surface area contributed by atoms with Gasteiger partial charge in [0.2, 0.25) is 0 Å². The van der Waals surface area contributed by atoms with Gasteiger partial charge >= 0.3 is 0 Å². The fraction of sp³-hybridized carbons (Fsp3) is 0.350. The Balaban J connectivity index is 1.83. The Hall–Kier alpha value is -2.09. The summed E-state index contributed by atoms with van der Waals surface area (Å²) in [6, 6.07) is 14.5. The van der Waals surface area contributed by atoms with Gasteiger partial charge < -0.3 is 4.74 Å². The summed E-state index contributed by atoms with van der Waals surface area (Å²) in [6.07, 6.45) is 0. The molecule has 1 saturated carbocycles. The predicted octanol–water partition coefficient (Wildman–Crippen LogP) is 4.05. The zero-order valence-corrected chi connectivity index (χ0v) is 13.0. The van der Waals surface area contributed by atoms with Crippen molar-refractivity contribution in [2.45, 2.75) is 31.1 Å². The second kappa shape index (κ2) is 3.45. The largest absolute Gasteiger partial charge is 0.497 e. The number of ketones is 1. The molecule has 3 aliphatic carbocycles. The van der Waals surface area contributed by atoms with Crippen molar-refractivity contribution in [3.63, 3.8) is 0 Å². The van der Waals surface area contributed by atoms with E-state index in [1.165, 1.54) is 16.7 Å². The molecule has 0 heterocycles. The number of carbonyl (C=O) groups excluding carboxylic acids is 1. The van der Waals surface area contributed by atoms with Gasteiger partial charge in [0.1, 0.15) is 5.75 Å². The van der Waals surface area contributed by atoms with Gasteiger partial charge in [0.15, 0.2) is 5.78 Å². The van der Waals surface area contributed by atoms with Crippen molar-refractivity contribution in [1.29, 1.82) is 0 Å². The predicted molar refractivity (Wildman–Crippen MR) is 84.7 cm³/mol. The highest BCUT2D eigenvalue weighted by molar-refractivity contribution is 6.10. The number of benzene rings is 2. The van der Waals surface area contributed by atoms with E-state index < -0.39 is 5.41 Å². The third-order valence-electron chi connectivity index (χ3n) is 6.72. The van der Waals surface area contributed by atoms with Crippen LogP contribution in [0.4, 0.5) is 0 Å². The molecule has 0 N–H and O–H groups in total. The fourth-order valence-electron chi connectivity index (χ4n) is 5.42. The van der Waals surface area contributed by atoms with E-state index in [4.69, 9.17) is 4.74 Å². The minimum absolute atomic E-state index is 0.0371. The summed E-state index contributed by atoms with van der Waals surface area (Å²) in [5.41, 5.74) is 4.32.